The lowest BCUT2D eigenvalue weighted by Crippen LogP contribution is -2.32. The lowest BCUT2D eigenvalue weighted by Gasteiger charge is -2.30. The summed E-state index contributed by atoms with van der Waals surface area (Å²) in [7, 11) is 0. The molecule has 4 aromatic heterocycles. The third-order valence-electron chi connectivity index (χ3n) is 6.59. The number of nitrogens with zero attached hydrogens (tertiary/aromatic N) is 5. The van der Waals surface area contributed by atoms with Gasteiger partial charge in [-0.1, -0.05) is 13.3 Å². The molecule has 0 aliphatic carbocycles. The molecule has 0 aliphatic rings. The van der Waals surface area contributed by atoms with Crippen LogP contribution in [0.25, 0.3) is 10.9 Å². The molecule has 9 heteroatoms. The van der Waals surface area contributed by atoms with E-state index in [2.05, 4.69) is 45.3 Å². The molecule has 1 atom stereocenters. The molecular weight excluding hydrogens is 456 g/mol. The average molecular weight is 487 g/mol. The van der Waals surface area contributed by atoms with E-state index in [1.165, 1.54) is 5.56 Å². The maximum absolute atomic E-state index is 13.1. The minimum atomic E-state index is -0.139. The number of H-pyrrole nitrogens is 1. The number of aromatic nitrogens is 5. The van der Waals surface area contributed by atoms with Crippen molar-refractivity contribution in [1.82, 2.24) is 30.1 Å². The van der Waals surface area contributed by atoms with Crippen LogP contribution in [0.2, 0.25) is 0 Å². The topological polar surface area (TPSA) is 106 Å². The summed E-state index contributed by atoms with van der Waals surface area (Å²) in [6.07, 6.45) is 5.03. The van der Waals surface area contributed by atoms with E-state index in [0.717, 1.165) is 46.7 Å². The predicted molar refractivity (Wildman–Crippen MR) is 135 cm³/mol. The number of fused-ring (bicyclic) bond motifs is 1. The lowest BCUT2D eigenvalue weighted by molar-refractivity contribution is 0.144. The molecule has 0 spiro atoms. The smallest absolute Gasteiger partial charge is 0.252 e. The number of aryl methyl sites for hydroxylation is 2. The van der Waals surface area contributed by atoms with Crippen molar-refractivity contribution in [1.29, 1.82) is 0 Å². The Hall–Kier alpha value is -3.98. The molecule has 0 aliphatic heterocycles. The van der Waals surface area contributed by atoms with Crippen molar-refractivity contribution in [3.63, 3.8) is 0 Å². The van der Waals surface area contributed by atoms with Crippen molar-refractivity contribution >= 4 is 10.9 Å². The van der Waals surface area contributed by atoms with E-state index in [-0.39, 0.29) is 11.6 Å². The van der Waals surface area contributed by atoms with Gasteiger partial charge in [-0.05, 0) is 89.7 Å². The molecule has 0 saturated carbocycles. The van der Waals surface area contributed by atoms with Crippen LogP contribution < -0.4 is 5.56 Å². The molecule has 1 unspecified atom stereocenters. The number of tetrazole rings is 1. The highest BCUT2D eigenvalue weighted by atomic mass is 16.3. The number of nitrogens with one attached hydrogen (secondary N) is 1. The van der Waals surface area contributed by atoms with Gasteiger partial charge in [0.05, 0.1) is 25.1 Å². The van der Waals surface area contributed by atoms with Crippen LogP contribution in [-0.2, 0) is 19.6 Å². The Bertz CT molecular complexity index is 1480. The molecule has 0 radical (unpaired) electrons. The zero-order chi connectivity index (χ0) is 25.1. The Morgan fingerprint density at radius 2 is 1.78 bits per heavy atom. The molecule has 0 bridgehead atoms. The Labute approximate surface area is 208 Å². The lowest BCUT2D eigenvalue weighted by atomic mass is 10.0. The minimum absolute atomic E-state index is 0.0966. The van der Waals surface area contributed by atoms with Gasteiger partial charge in [-0.2, -0.15) is 0 Å². The van der Waals surface area contributed by atoms with Crippen molar-refractivity contribution in [2.45, 2.75) is 59.3 Å². The van der Waals surface area contributed by atoms with E-state index in [0.29, 0.717) is 25.2 Å². The summed E-state index contributed by atoms with van der Waals surface area (Å²) in [4.78, 5) is 18.4. The third-order valence-corrected chi connectivity index (χ3v) is 6.59. The first kappa shape index (κ1) is 23.7. The molecule has 36 heavy (non-hydrogen) atoms. The Morgan fingerprint density at radius 1 is 1.03 bits per heavy atom. The van der Waals surface area contributed by atoms with Gasteiger partial charge in [-0.3, -0.25) is 9.69 Å². The maximum Gasteiger partial charge on any atom is 0.252 e. The van der Waals surface area contributed by atoms with Crippen LogP contribution in [0.4, 0.5) is 0 Å². The summed E-state index contributed by atoms with van der Waals surface area (Å²) in [5.41, 5.74) is 3.77. The maximum atomic E-state index is 13.1. The van der Waals surface area contributed by atoms with Gasteiger partial charge in [0.25, 0.3) is 5.56 Å². The molecule has 1 aromatic carbocycles. The van der Waals surface area contributed by atoms with Crippen LogP contribution in [-0.4, -0.2) is 30.1 Å². The number of hydrogen-bond donors (Lipinski definition) is 1. The normalized spacial score (nSPS) is 12.6. The summed E-state index contributed by atoms with van der Waals surface area (Å²) in [6.45, 7) is 7.62. The number of furan rings is 2. The van der Waals surface area contributed by atoms with Crippen LogP contribution in [0, 0.1) is 13.8 Å². The zero-order valence-electron chi connectivity index (χ0n) is 20.8. The number of rotatable bonds is 10. The fourth-order valence-electron chi connectivity index (χ4n) is 4.60. The van der Waals surface area contributed by atoms with E-state index in [9.17, 15) is 4.79 Å². The molecule has 5 rings (SSSR count). The Kier molecular flexibility index (Phi) is 6.81. The largest absolute Gasteiger partial charge is 0.468 e. The van der Waals surface area contributed by atoms with Crippen LogP contribution in [0.1, 0.15) is 59.8 Å². The fourth-order valence-corrected chi connectivity index (χ4v) is 4.60. The molecule has 0 saturated heterocycles. The molecule has 186 valence electrons. The van der Waals surface area contributed by atoms with Crippen molar-refractivity contribution in [2.24, 2.45) is 0 Å². The van der Waals surface area contributed by atoms with Gasteiger partial charge in [0, 0.05) is 17.6 Å². The van der Waals surface area contributed by atoms with E-state index in [1.807, 2.05) is 43.3 Å². The summed E-state index contributed by atoms with van der Waals surface area (Å²) < 4.78 is 13.0. The van der Waals surface area contributed by atoms with Crippen molar-refractivity contribution in [3.05, 3.63) is 99.4 Å². The first-order valence-electron chi connectivity index (χ1n) is 12.2. The SMILES string of the molecule is CCCC(c1nnnn1Cc1ccco1)N(Cc1ccco1)Cc1cc2cc(C)c(C)cc2[nH]c1=O. The third kappa shape index (κ3) is 5.01. The molecule has 5 aromatic rings. The number of aromatic amines is 1. The summed E-state index contributed by atoms with van der Waals surface area (Å²) >= 11 is 0. The monoisotopic (exact) mass is 486 g/mol. The highest BCUT2D eigenvalue weighted by Crippen LogP contribution is 2.28. The second-order valence-electron chi connectivity index (χ2n) is 9.21. The van der Waals surface area contributed by atoms with E-state index in [1.54, 1.807) is 17.2 Å². The first-order valence-corrected chi connectivity index (χ1v) is 12.2. The molecule has 1 N–H and O–H groups in total. The van der Waals surface area contributed by atoms with E-state index >= 15 is 0 Å². The second kappa shape index (κ2) is 10.3. The van der Waals surface area contributed by atoms with Crippen molar-refractivity contribution in [2.75, 3.05) is 0 Å². The van der Waals surface area contributed by atoms with Gasteiger partial charge < -0.3 is 13.8 Å². The summed E-state index contributed by atoms with van der Waals surface area (Å²) in [6, 6.07) is 13.6. The number of pyridine rings is 1. The van der Waals surface area contributed by atoms with Crippen LogP contribution in [0.3, 0.4) is 0 Å². The molecule has 9 nitrogen and oxygen atoms in total. The highest BCUT2D eigenvalue weighted by molar-refractivity contribution is 5.80. The Balaban J connectivity index is 1.53. The van der Waals surface area contributed by atoms with Crippen LogP contribution in [0.15, 0.2) is 68.6 Å². The summed E-state index contributed by atoms with van der Waals surface area (Å²) in [5.74, 6) is 2.31. The standard InChI is InChI=1S/C27H30N6O3/c1-4-7-25(26-29-30-31-33(26)17-23-9-6-11-36-23)32(16-22-8-5-10-35-22)15-21-14-20-12-18(2)19(3)13-24(20)28-27(21)34/h5-6,8-14,25H,4,7,15-17H2,1-3H3,(H,28,34). The van der Waals surface area contributed by atoms with E-state index in [4.69, 9.17) is 8.83 Å². The average Bonchev–Trinajstić information content (AvgIpc) is 3.63. The quantitative estimate of drug-likeness (QED) is 0.299. The zero-order valence-corrected chi connectivity index (χ0v) is 20.8. The second-order valence-corrected chi connectivity index (χ2v) is 9.21. The predicted octanol–water partition coefficient (Wildman–Crippen LogP) is 4.91. The van der Waals surface area contributed by atoms with Gasteiger partial charge in [0.15, 0.2) is 5.82 Å². The highest BCUT2D eigenvalue weighted by Gasteiger charge is 2.27. The molecule has 0 amide bonds. The summed E-state index contributed by atoms with van der Waals surface area (Å²) in [5, 5.41) is 13.6. The van der Waals surface area contributed by atoms with Crippen molar-refractivity contribution in [3.8, 4) is 0 Å². The minimum Gasteiger partial charge on any atom is -0.468 e. The van der Waals surface area contributed by atoms with Gasteiger partial charge in [-0.25, -0.2) is 4.68 Å². The van der Waals surface area contributed by atoms with Crippen molar-refractivity contribution < 1.29 is 8.83 Å². The Morgan fingerprint density at radius 3 is 2.50 bits per heavy atom. The van der Waals surface area contributed by atoms with Gasteiger partial charge in [-0.15, -0.1) is 5.10 Å². The molecule has 4 heterocycles. The number of benzene rings is 1. The number of hydrogen-bond acceptors (Lipinski definition) is 7. The van der Waals surface area contributed by atoms with E-state index < -0.39 is 0 Å². The van der Waals surface area contributed by atoms with Gasteiger partial charge in [0.2, 0.25) is 0 Å². The molecular formula is C27H30N6O3. The van der Waals surface area contributed by atoms with Gasteiger partial charge in [0.1, 0.15) is 18.1 Å². The fraction of sp³-hybridized carbons (Fsp3) is 0.333. The van der Waals surface area contributed by atoms with Crippen LogP contribution in [0.5, 0.6) is 0 Å². The van der Waals surface area contributed by atoms with Crippen LogP contribution >= 0.6 is 0 Å². The first-order chi connectivity index (χ1) is 17.5. The molecule has 0 fully saturated rings. The van der Waals surface area contributed by atoms with Gasteiger partial charge >= 0.3 is 0 Å².